The lowest BCUT2D eigenvalue weighted by molar-refractivity contribution is -0.117. The van der Waals surface area contributed by atoms with Crippen LogP contribution in [0.4, 0.5) is 5.69 Å². The fourth-order valence-corrected chi connectivity index (χ4v) is 5.01. The van der Waals surface area contributed by atoms with Gasteiger partial charge >= 0.3 is 5.97 Å². The molecule has 1 saturated heterocycles. The highest BCUT2D eigenvalue weighted by Gasteiger charge is 2.31. The zero-order valence-electron chi connectivity index (χ0n) is 17.5. The van der Waals surface area contributed by atoms with Gasteiger partial charge in [-0.3, -0.25) is 4.79 Å². The van der Waals surface area contributed by atoms with Crippen molar-refractivity contribution in [1.82, 2.24) is 0 Å². The summed E-state index contributed by atoms with van der Waals surface area (Å²) in [6, 6.07) is 11.5. The fraction of sp³-hybridized carbons (Fsp3) is 0.500. The zero-order chi connectivity index (χ0) is 21.5. The van der Waals surface area contributed by atoms with E-state index in [1.54, 1.807) is 6.07 Å². The first-order valence-electron chi connectivity index (χ1n) is 10.9. The molecule has 1 amide bonds. The van der Waals surface area contributed by atoms with E-state index < -0.39 is 12.1 Å². The van der Waals surface area contributed by atoms with Crippen LogP contribution in [0.25, 0.3) is 0 Å². The van der Waals surface area contributed by atoms with Crippen molar-refractivity contribution in [2.45, 2.75) is 76.9 Å². The standard InChI is InChI=1S/C24H31NO4S/c1-2-3-4-8-21(26)17-9-11-19(12-10-17)25-18(13-16-23(25)27)6-5-7-20-14-15-22(30-20)24(28)29/h9-12,14-15,18,21,26H,2-8,13,16H2,1H3,(H,28,29)/t18?,21-/m1/s1. The molecule has 0 bridgehead atoms. The summed E-state index contributed by atoms with van der Waals surface area (Å²) in [6.45, 7) is 2.15. The van der Waals surface area contributed by atoms with Gasteiger partial charge < -0.3 is 15.1 Å². The third-order valence-corrected chi connectivity index (χ3v) is 6.93. The van der Waals surface area contributed by atoms with Gasteiger partial charge in [-0.2, -0.15) is 0 Å². The Kier molecular flexibility index (Phi) is 8.05. The van der Waals surface area contributed by atoms with Crippen LogP contribution < -0.4 is 4.90 Å². The number of aliphatic hydroxyl groups is 1. The highest BCUT2D eigenvalue weighted by molar-refractivity contribution is 7.13. The second-order valence-corrected chi connectivity index (χ2v) is 9.19. The number of nitrogens with zero attached hydrogens (tertiary/aromatic N) is 1. The first-order chi connectivity index (χ1) is 14.5. The topological polar surface area (TPSA) is 77.8 Å². The molecule has 0 aliphatic carbocycles. The van der Waals surface area contributed by atoms with Crippen molar-refractivity contribution in [3.05, 3.63) is 51.7 Å². The molecule has 0 spiro atoms. The van der Waals surface area contributed by atoms with Gasteiger partial charge in [-0.25, -0.2) is 4.79 Å². The SMILES string of the molecule is CCCCC[C@@H](O)c1ccc(N2C(=O)CCC2CCCc2ccc(C(=O)O)s2)cc1. The number of carbonyl (C=O) groups excluding carboxylic acids is 1. The minimum Gasteiger partial charge on any atom is -0.477 e. The third kappa shape index (κ3) is 5.70. The molecule has 1 aliphatic rings. The van der Waals surface area contributed by atoms with E-state index in [1.807, 2.05) is 35.2 Å². The van der Waals surface area contributed by atoms with Gasteiger partial charge in [-0.1, -0.05) is 38.3 Å². The maximum Gasteiger partial charge on any atom is 0.345 e. The number of rotatable bonds is 11. The average Bonchev–Trinajstić information content (AvgIpc) is 3.35. The molecule has 3 rings (SSSR count). The van der Waals surface area contributed by atoms with Crippen molar-refractivity contribution in [2.24, 2.45) is 0 Å². The molecule has 5 nitrogen and oxygen atoms in total. The van der Waals surface area contributed by atoms with Crippen molar-refractivity contribution in [2.75, 3.05) is 4.90 Å². The van der Waals surface area contributed by atoms with Crippen LogP contribution in [-0.2, 0) is 11.2 Å². The molecule has 0 radical (unpaired) electrons. The van der Waals surface area contributed by atoms with Crippen molar-refractivity contribution >= 4 is 28.9 Å². The molecule has 1 fully saturated rings. The van der Waals surface area contributed by atoms with E-state index in [-0.39, 0.29) is 11.9 Å². The maximum atomic E-state index is 12.5. The molecule has 1 unspecified atom stereocenters. The first-order valence-corrected chi connectivity index (χ1v) is 11.7. The smallest absolute Gasteiger partial charge is 0.345 e. The van der Waals surface area contributed by atoms with Crippen molar-refractivity contribution in [3.63, 3.8) is 0 Å². The largest absolute Gasteiger partial charge is 0.477 e. The number of carboxylic acids is 1. The number of unbranched alkanes of at least 4 members (excludes halogenated alkanes) is 2. The van der Waals surface area contributed by atoms with Gasteiger partial charge in [0.15, 0.2) is 0 Å². The number of hydrogen-bond donors (Lipinski definition) is 2. The monoisotopic (exact) mass is 429 g/mol. The molecular formula is C24H31NO4S. The summed E-state index contributed by atoms with van der Waals surface area (Å²) in [7, 11) is 0. The van der Waals surface area contributed by atoms with Crippen LogP contribution in [0.15, 0.2) is 36.4 Å². The third-order valence-electron chi connectivity index (χ3n) is 5.80. The summed E-state index contributed by atoms with van der Waals surface area (Å²) in [6.07, 6.45) is 7.67. The Morgan fingerprint density at radius 3 is 2.60 bits per heavy atom. The van der Waals surface area contributed by atoms with Crippen LogP contribution in [-0.4, -0.2) is 28.1 Å². The summed E-state index contributed by atoms with van der Waals surface area (Å²) in [5.41, 5.74) is 1.81. The normalized spacial score (nSPS) is 17.5. The van der Waals surface area contributed by atoms with Crippen LogP contribution in [0.3, 0.4) is 0 Å². The summed E-state index contributed by atoms with van der Waals surface area (Å²) in [5.74, 6) is -0.724. The molecule has 2 N–H and O–H groups in total. The average molecular weight is 430 g/mol. The second-order valence-electron chi connectivity index (χ2n) is 8.02. The predicted molar refractivity (Wildman–Crippen MR) is 120 cm³/mol. The van der Waals surface area contributed by atoms with Crippen LogP contribution in [0.5, 0.6) is 0 Å². The number of carboxylic acid groups (broad SMARTS) is 1. The van der Waals surface area contributed by atoms with Gasteiger partial charge in [0.2, 0.25) is 5.91 Å². The van der Waals surface area contributed by atoms with Crippen molar-refractivity contribution in [1.29, 1.82) is 0 Å². The fourth-order valence-electron chi connectivity index (χ4n) is 4.12. The Hall–Kier alpha value is -2.18. The minimum absolute atomic E-state index is 0.153. The molecule has 2 heterocycles. The molecule has 1 aromatic heterocycles. The summed E-state index contributed by atoms with van der Waals surface area (Å²) >= 11 is 1.33. The summed E-state index contributed by atoms with van der Waals surface area (Å²) in [4.78, 5) is 26.9. The number of hydrogen-bond acceptors (Lipinski definition) is 4. The molecule has 2 atom stereocenters. The lowest BCUT2D eigenvalue weighted by atomic mass is 10.0. The van der Waals surface area contributed by atoms with E-state index >= 15 is 0 Å². The Morgan fingerprint density at radius 1 is 1.17 bits per heavy atom. The van der Waals surface area contributed by atoms with Crippen LogP contribution >= 0.6 is 11.3 Å². The molecular weight excluding hydrogens is 398 g/mol. The number of carbonyl (C=O) groups is 2. The van der Waals surface area contributed by atoms with E-state index in [2.05, 4.69) is 6.92 Å². The molecule has 6 heteroatoms. The van der Waals surface area contributed by atoms with Gasteiger partial charge in [-0.15, -0.1) is 11.3 Å². The summed E-state index contributed by atoms with van der Waals surface area (Å²) in [5, 5.41) is 19.4. The molecule has 0 saturated carbocycles. The van der Waals surface area contributed by atoms with Gasteiger partial charge in [0.1, 0.15) is 4.88 Å². The number of anilines is 1. The number of aliphatic hydroxyl groups excluding tert-OH is 1. The van der Waals surface area contributed by atoms with E-state index in [1.165, 1.54) is 11.3 Å². The van der Waals surface area contributed by atoms with E-state index in [9.17, 15) is 14.7 Å². The summed E-state index contributed by atoms with van der Waals surface area (Å²) < 4.78 is 0. The Bertz CT molecular complexity index is 845. The highest BCUT2D eigenvalue weighted by Crippen LogP contribution is 2.31. The highest BCUT2D eigenvalue weighted by atomic mass is 32.1. The maximum absolute atomic E-state index is 12.5. The van der Waals surface area contributed by atoms with E-state index in [0.29, 0.717) is 11.3 Å². The number of amides is 1. The molecule has 162 valence electrons. The number of thiophene rings is 1. The van der Waals surface area contributed by atoms with Crippen LogP contribution in [0.2, 0.25) is 0 Å². The van der Waals surface area contributed by atoms with E-state index in [4.69, 9.17) is 5.11 Å². The minimum atomic E-state index is -0.877. The van der Waals surface area contributed by atoms with Gasteiger partial charge in [0, 0.05) is 23.0 Å². The van der Waals surface area contributed by atoms with Gasteiger partial charge in [0.05, 0.1) is 6.10 Å². The number of aromatic carboxylic acids is 1. The molecule has 30 heavy (non-hydrogen) atoms. The van der Waals surface area contributed by atoms with Crippen LogP contribution in [0.1, 0.15) is 84.5 Å². The zero-order valence-corrected chi connectivity index (χ0v) is 18.4. The molecule has 1 aliphatic heterocycles. The van der Waals surface area contributed by atoms with E-state index in [0.717, 1.165) is 67.5 Å². The molecule has 2 aromatic rings. The lowest BCUT2D eigenvalue weighted by Crippen LogP contribution is -2.32. The van der Waals surface area contributed by atoms with Gasteiger partial charge in [0.25, 0.3) is 0 Å². The van der Waals surface area contributed by atoms with Crippen LogP contribution in [0, 0.1) is 0 Å². The van der Waals surface area contributed by atoms with Gasteiger partial charge in [-0.05, 0) is 61.9 Å². The molecule has 1 aromatic carbocycles. The number of benzene rings is 1. The Labute approximate surface area is 182 Å². The predicted octanol–water partition coefficient (Wildman–Crippen LogP) is 5.58. The number of aryl methyl sites for hydroxylation is 1. The quantitative estimate of drug-likeness (QED) is 0.457. The van der Waals surface area contributed by atoms with Crippen molar-refractivity contribution < 1.29 is 19.8 Å². The Balaban J connectivity index is 1.56. The second kappa shape index (κ2) is 10.7. The van der Waals surface area contributed by atoms with Crippen molar-refractivity contribution in [3.8, 4) is 0 Å². The lowest BCUT2D eigenvalue weighted by Gasteiger charge is -2.25. The Morgan fingerprint density at radius 2 is 1.93 bits per heavy atom. The first kappa shape index (κ1) is 22.5.